The Bertz CT molecular complexity index is 969. The fraction of sp³-hybridized carbons (Fsp3) is 0.400. The number of hydrogen-bond acceptors (Lipinski definition) is 4. The molecule has 0 aliphatic heterocycles. The van der Waals surface area contributed by atoms with Gasteiger partial charge in [-0.25, -0.2) is 4.79 Å². The molecule has 2 aromatic rings. The summed E-state index contributed by atoms with van der Waals surface area (Å²) in [5.41, 5.74) is 4.68. The van der Waals surface area contributed by atoms with Gasteiger partial charge in [0.1, 0.15) is 6.61 Å². The van der Waals surface area contributed by atoms with Crippen molar-refractivity contribution in [2.24, 2.45) is 5.92 Å². The smallest absolute Gasteiger partial charge is 0.407 e. The molecule has 1 fully saturated rings. The molecule has 2 aliphatic rings. The maximum atomic E-state index is 12.3. The summed E-state index contributed by atoms with van der Waals surface area (Å²) in [7, 11) is 0. The number of hydrogen-bond donors (Lipinski definition) is 3. The van der Waals surface area contributed by atoms with Crippen LogP contribution in [0.15, 0.2) is 48.5 Å². The minimum Gasteiger partial charge on any atom is -0.481 e. The lowest BCUT2D eigenvalue weighted by atomic mass is 9.79. The first-order valence-electron chi connectivity index (χ1n) is 11.1. The van der Waals surface area contributed by atoms with E-state index in [0.29, 0.717) is 19.3 Å². The van der Waals surface area contributed by atoms with E-state index in [1.165, 1.54) is 11.1 Å². The zero-order valence-corrected chi connectivity index (χ0v) is 18.0. The van der Waals surface area contributed by atoms with Gasteiger partial charge in [-0.15, -0.1) is 0 Å². The summed E-state index contributed by atoms with van der Waals surface area (Å²) in [4.78, 5) is 35.5. The van der Waals surface area contributed by atoms with E-state index in [1.807, 2.05) is 31.2 Å². The van der Waals surface area contributed by atoms with Gasteiger partial charge in [0.25, 0.3) is 0 Å². The molecule has 7 nitrogen and oxygen atoms in total. The number of carbonyl (C=O) groups is 3. The molecule has 2 amide bonds. The van der Waals surface area contributed by atoms with Crippen LogP contribution < -0.4 is 10.6 Å². The van der Waals surface area contributed by atoms with Crippen LogP contribution in [0.5, 0.6) is 0 Å². The second kappa shape index (κ2) is 9.42. The highest BCUT2D eigenvalue weighted by Gasteiger charge is 2.37. The second-order valence-electron chi connectivity index (χ2n) is 8.55. The first-order chi connectivity index (χ1) is 15.5. The van der Waals surface area contributed by atoms with Crippen molar-refractivity contribution in [1.82, 2.24) is 10.6 Å². The number of carboxylic acids is 1. The summed E-state index contributed by atoms with van der Waals surface area (Å²) >= 11 is 0. The largest absolute Gasteiger partial charge is 0.481 e. The van der Waals surface area contributed by atoms with Crippen LogP contribution in [0.4, 0.5) is 4.79 Å². The first kappa shape index (κ1) is 21.9. The van der Waals surface area contributed by atoms with Gasteiger partial charge in [0.15, 0.2) is 0 Å². The Labute approximate surface area is 187 Å². The number of rotatable bonds is 8. The topological polar surface area (TPSA) is 105 Å². The predicted molar refractivity (Wildman–Crippen MR) is 119 cm³/mol. The molecule has 0 aromatic heterocycles. The third kappa shape index (κ3) is 4.61. The van der Waals surface area contributed by atoms with Crippen LogP contribution in [0.2, 0.25) is 0 Å². The summed E-state index contributed by atoms with van der Waals surface area (Å²) in [5, 5.41) is 14.5. The van der Waals surface area contributed by atoms with Crippen molar-refractivity contribution in [3.63, 3.8) is 0 Å². The first-order valence-corrected chi connectivity index (χ1v) is 11.1. The van der Waals surface area contributed by atoms with Gasteiger partial charge in [0.2, 0.25) is 5.91 Å². The average Bonchev–Trinajstić information content (AvgIpc) is 3.07. The highest BCUT2D eigenvalue weighted by atomic mass is 16.5. The van der Waals surface area contributed by atoms with Crippen LogP contribution in [0.3, 0.4) is 0 Å². The molecule has 168 valence electrons. The lowest BCUT2D eigenvalue weighted by Crippen LogP contribution is -2.51. The molecule has 2 aliphatic carbocycles. The fourth-order valence-corrected chi connectivity index (χ4v) is 4.58. The molecule has 0 spiro atoms. The standard InChI is InChI=1S/C25H28N2O5/c1-2-16(13-23(28)29)26-24(30)15-11-17(12-15)27-25(31)32-14-22-20-9-5-3-7-18(20)19-8-4-6-10-21(19)22/h3-10,15-17,22H,2,11-14H2,1H3,(H,26,30)(H,27,31)(H,28,29)/t15?,16-,17?/m1/s1. The van der Waals surface area contributed by atoms with Gasteiger partial charge in [-0.2, -0.15) is 0 Å². The third-order valence-corrected chi connectivity index (χ3v) is 6.43. The maximum absolute atomic E-state index is 12.3. The molecule has 0 radical (unpaired) electrons. The Morgan fingerprint density at radius 2 is 1.62 bits per heavy atom. The zero-order valence-electron chi connectivity index (χ0n) is 18.0. The Morgan fingerprint density at radius 1 is 1.03 bits per heavy atom. The molecule has 32 heavy (non-hydrogen) atoms. The van der Waals surface area contributed by atoms with Crippen molar-refractivity contribution in [3.8, 4) is 11.1 Å². The van der Waals surface area contributed by atoms with Crippen molar-refractivity contribution in [2.75, 3.05) is 6.61 Å². The van der Waals surface area contributed by atoms with Crippen molar-refractivity contribution >= 4 is 18.0 Å². The van der Waals surface area contributed by atoms with Crippen LogP contribution in [0.1, 0.15) is 49.7 Å². The molecule has 1 saturated carbocycles. The lowest BCUT2D eigenvalue weighted by Gasteiger charge is -2.35. The molecule has 0 heterocycles. The van der Waals surface area contributed by atoms with Gasteiger partial charge in [0, 0.05) is 23.9 Å². The summed E-state index contributed by atoms with van der Waals surface area (Å²) < 4.78 is 5.55. The quantitative estimate of drug-likeness (QED) is 0.586. The van der Waals surface area contributed by atoms with E-state index in [2.05, 4.69) is 34.9 Å². The number of benzene rings is 2. The molecule has 3 N–H and O–H groups in total. The van der Waals surface area contributed by atoms with Gasteiger partial charge in [0.05, 0.1) is 6.42 Å². The Balaban J connectivity index is 1.25. The van der Waals surface area contributed by atoms with Crippen LogP contribution in [-0.4, -0.2) is 41.8 Å². The van der Waals surface area contributed by atoms with E-state index in [1.54, 1.807) is 0 Å². The van der Waals surface area contributed by atoms with E-state index < -0.39 is 12.1 Å². The minimum absolute atomic E-state index is 0.00767. The molecule has 7 heteroatoms. The van der Waals surface area contributed by atoms with Crippen molar-refractivity contribution in [3.05, 3.63) is 59.7 Å². The van der Waals surface area contributed by atoms with Gasteiger partial charge < -0.3 is 20.5 Å². The third-order valence-electron chi connectivity index (χ3n) is 6.43. The number of carboxylic acid groups (broad SMARTS) is 1. The Morgan fingerprint density at radius 3 is 2.19 bits per heavy atom. The second-order valence-corrected chi connectivity index (χ2v) is 8.55. The number of alkyl carbamates (subject to hydrolysis) is 1. The van der Waals surface area contributed by atoms with E-state index in [0.717, 1.165) is 11.1 Å². The molecule has 1 atom stereocenters. The number of fused-ring (bicyclic) bond motifs is 3. The number of amides is 2. The summed E-state index contributed by atoms with van der Waals surface area (Å²) in [5.74, 6) is -1.28. The average molecular weight is 437 g/mol. The van der Waals surface area contributed by atoms with Gasteiger partial charge >= 0.3 is 12.1 Å². The van der Waals surface area contributed by atoms with Crippen LogP contribution in [-0.2, 0) is 14.3 Å². The van der Waals surface area contributed by atoms with E-state index in [9.17, 15) is 14.4 Å². The van der Waals surface area contributed by atoms with Crippen LogP contribution >= 0.6 is 0 Å². The van der Waals surface area contributed by atoms with Crippen molar-refractivity contribution in [1.29, 1.82) is 0 Å². The van der Waals surface area contributed by atoms with Gasteiger partial charge in [-0.05, 0) is 41.5 Å². The number of nitrogens with one attached hydrogen (secondary N) is 2. The molecule has 0 saturated heterocycles. The van der Waals surface area contributed by atoms with E-state index in [4.69, 9.17) is 9.84 Å². The number of aliphatic carboxylic acids is 1. The maximum Gasteiger partial charge on any atom is 0.407 e. The molecule has 4 rings (SSSR count). The SMILES string of the molecule is CC[C@H](CC(=O)O)NC(=O)C1CC(NC(=O)OCC2c3ccccc3-c3ccccc32)C1. The molecule has 2 aromatic carbocycles. The fourth-order valence-electron chi connectivity index (χ4n) is 4.58. The van der Waals surface area contributed by atoms with Gasteiger partial charge in [-0.3, -0.25) is 9.59 Å². The number of carbonyl (C=O) groups excluding carboxylic acids is 2. The normalized spacial score (nSPS) is 19.8. The highest BCUT2D eigenvalue weighted by molar-refractivity contribution is 5.81. The van der Waals surface area contributed by atoms with Crippen molar-refractivity contribution in [2.45, 2.75) is 50.6 Å². The van der Waals surface area contributed by atoms with Crippen LogP contribution in [0, 0.1) is 5.92 Å². The number of ether oxygens (including phenoxy) is 1. The van der Waals surface area contributed by atoms with E-state index in [-0.39, 0.29) is 42.9 Å². The minimum atomic E-state index is -0.930. The molecule has 0 unspecified atom stereocenters. The Hall–Kier alpha value is -3.35. The van der Waals surface area contributed by atoms with Crippen LogP contribution in [0.25, 0.3) is 11.1 Å². The van der Waals surface area contributed by atoms with E-state index >= 15 is 0 Å². The highest BCUT2D eigenvalue weighted by Crippen LogP contribution is 2.44. The Kier molecular flexibility index (Phi) is 6.44. The van der Waals surface area contributed by atoms with Gasteiger partial charge in [-0.1, -0.05) is 55.5 Å². The monoisotopic (exact) mass is 436 g/mol. The zero-order chi connectivity index (χ0) is 22.7. The van der Waals surface area contributed by atoms with Crippen molar-refractivity contribution < 1.29 is 24.2 Å². The summed E-state index contributed by atoms with van der Waals surface area (Å²) in [6.45, 7) is 2.10. The summed E-state index contributed by atoms with van der Waals surface area (Å²) in [6.07, 6.45) is 1.05. The predicted octanol–water partition coefficient (Wildman–Crippen LogP) is 3.67. The summed E-state index contributed by atoms with van der Waals surface area (Å²) in [6, 6.07) is 15.9. The molecular formula is C25H28N2O5. The molecule has 0 bridgehead atoms. The lowest BCUT2D eigenvalue weighted by molar-refractivity contribution is -0.138. The molecular weight excluding hydrogens is 408 g/mol.